The van der Waals surface area contributed by atoms with Gasteiger partial charge in [0.15, 0.2) is 0 Å². The summed E-state index contributed by atoms with van der Waals surface area (Å²) < 4.78 is 0. The van der Waals surface area contributed by atoms with Crippen molar-refractivity contribution in [3.05, 3.63) is 30.3 Å². The molecule has 0 bridgehead atoms. The molecule has 0 aliphatic rings. The van der Waals surface area contributed by atoms with Crippen LogP contribution in [0.25, 0.3) is 0 Å². The number of urea groups is 1. The third kappa shape index (κ3) is 5.02. The summed E-state index contributed by atoms with van der Waals surface area (Å²) in [5.74, 6) is 1.99. The van der Waals surface area contributed by atoms with Crippen molar-refractivity contribution in [3.63, 3.8) is 0 Å². The molecule has 0 saturated heterocycles. The fraction of sp³-hybridized carbons (Fsp3) is 0.333. The van der Waals surface area contributed by atoms with Gasteiger partial charge in [0.05, 0.1) is 6.54 Å². The van der Waals surface area contributed by atoms with Crippen LogP contribution in [0.4, 0.5) is 10.5 Å². The largest absolute Gasteiger partial charge is 0.343 e. The van der Waals surface area contributed by atoms with E-state index in [0.717, 1.165) is 0 Å². The maximum atomic E-state index is 11.9. The molecule has 1 rings (SSSR count). The van der Waals surface area contributed by atoms with Crippen LogP contribution >= 0.6 is 0 Å². The van der Waals surface area contributed by atoms with E-state index in [4.69, 9.17) is 6.42 Å². The third-order valence-electron chi connectivity index (χ3n) is 2.63. The molecule has 0 radical (unpaired) electrons. The second kappa shape index (κ2) is 7.85. The number of amides is 3. The van der Waals surface area contributed by atoms with Gasteiger partial charge in [0.25, 0.3) is 0 Å². The first kappa shape index (κ1) is 15.6. The monoisotopic (exact) mass is 273 g/mol. The van der Waals surface area contributed by atoms with Crippen LogP contribution in [0.1, 0.15) is 13.8 Å². The maximum absolute atomic E-state index is 11.9. The molecule has 1 aromatic rings. The Bertz CT molecular complexity index is 492. The average molecular weight is 273 g/mol. The minimum absolute atomic E-state index is 0.0469. The first-order valence-electron chi connectivity index (χ1n) is 6.38. The van der Waals surface area contributed by atoms with Crippen LogP contribution in [-0.4, -0.2) is 24.5 Å². The topological polar surface area (TPSA) is 70.2 Å². The Hall–Kier alpha value is -2.48. The summed E-state index contributed by atoms with van der Waals surface area (Å²) in [7, 11) is 0. The molecule has 0 saturated carbocycles. The lowest BCUT2D eigenvalue weighted by atomic mass is 10.0. The fourth-order valence-corrected chi connectivity index (χ4v) is 1.61. The highest BCUT2D eigenvalue weighted by molar-refractivity contribution is 5.93. The van der Waals surface area contributed by atoms with E-state index in [9.17, 15) is 9.59 Å². The zero-order valence-electron chi connectivity index (χ0n) is 11.6. The molecule has 0 aliphatic carbocycles. The van der Waals surface area contributed by atoms with E-state index in [0.29, 0.717) is 5.69 Å². The predicted molar refractivity (Wildman–Crippen MR) is 79.1 cm³/mol. The molecule has 5 nitrogen and oxygen atoms in total. The average Bonchev–Trinajstić information content (AvgIpc) is 2.43. The Balaban J connectivity index is 2.59. The molecule has 3 amide bonds. The van der Waals surface area contributed by atoms with Crippen LogP contribution in [-0.2, 0) is 4.79 Å². The number of rotatable bonds is 5. The number of carbonyl (C=O) groups excluding carboxylic acids is 2. The quantitative estimate of drug-likeness (QED) is 0.713. The Kier molecular flexibility index (Phi) is 6.11. The van der Waals surface area contributed by atoms with Gasteiger partial charge in [-0.05, 0) is 18.1 Å². The van der Waals surface area contributed by atoms with Crippen molar-refractivity contribution >= 4 is 17.6 Å². The number of anilines is 1. The van der Waals surface area contributed by atoms with Crippen LogP contribution in [0.2, 0.25) is 0 Å². The van der Waals surface area contributed by atoms with Crippen molar-refractivity contribution in [2.45, 2.75) is 19.9 Å². The van der Waals surface area contributed by atoms with E-state index in [1.54, 1.807) is 12.1 Å². The van der Waals surface area contributed by atoms with Gasteiger partial charge in [0, 0.05) is 5.69 Å². The molecular formula is C15H19N3O2. The molecule has 0 aliphatic heterocycles. The van der Waals surface area contributed by atoms with Crippen molar-refractivity contribution in [2.24, 2.45) is 5.92 Å². The molecule has 1 atom stereocenters. The molecular weight excluding hydrogens is 254 g/mol. The van der Waals surface area contributed by atoms with Gasteiger partial charge >= 0.3 is 6.03 Å². The molecule has 3 N–H and O–H groups in total. The Morgan fingerprint density at radius 3 is 2.45 bits per heavy atom. The van der Waals surface area contributed by atoms with Crippen molar-refractivity contribution in [3.8, 4) is 12.3 Å². The highest BCUT2D eigenvalue weighted by Crippen LogP contribution is 2.06. The summed E-state index contributed by atoms with van der Waals surface area (Å²) >= 11 is 0. The summed E-state index contributed by atoms with van der Waals surface area (Å²) in [5.41, 5.74) is 0.663. The van der Waals surface area contributed by atoms with Crippen molar-refractivity contribution in [2.75, 3.05) is 11.9 Å². The van der Waals surface area contributed by atoms with E-state index in [1.807, 2.05) is 32.0 Å². The van der Waals surface area contributed by atoms with Crippen LogP contribution in [0.3, 0.4) is 0 Å². The second-order valence-electron chi connectivity index (χ2n) is 4.61. The summed E-state index contributed by atoms with van der Waals surface area (Å²) in [6.45, 7) is 3.84. The normalized spacial score (nSPS) is 11.3. The van der Waals surface area contributed by atoms with Crippen molar-refractivity contribution in [1.82, 2.24) is 10.6 Å². The van der Waals surface area contributed by atoms with E-state index >= 15 is 0 Å². The zero-order valence-corrected chi connectivity index (χ0v) is 11.6. The number of para-hydroxylation sites is 1. The second-order valence-corrected chi connectivity index (χ2v) is 4.61. The maximum Gasteiger partial charge on any atom is 0.319 e. The summed E-state index contributed by atoms with van der Waals surface area (Å²) in [6.07, 6.45) is 5.09. The minimum atomic E-state index is -0.632. The number of terminal acetylenes is 1. The van der Waals surface area contributed by atoms with E-state index < -0.39 is 12.1 Å². The molecule has 0 fully saturated rings. The molecule has 1 aromatic carbocycles. The Labute approximate surface area is 119 Å². The third-order valence-corrected chi connectivity index (χ3v) is 2.63. The molecule has 20 heavy (non-hydrogen) atoms. The highest BCUT2D eigenvalue weighted by Gasteiger charge is 2.23. The van der Waals surface area contributed by atoms with Gasteiger partial charge in [-0.15, -0.1) is 6.42 Å². The standard InChI is InChI=1S/C15H19N3O2/c1-4-10-16-14(19)13(11(2)3)18-15(20)17-12-8-6-5-7-9-12/h1,5-9,11,13H,10H2,2-3H3,(H,16,19)(H2,17,18,20)/t13-/m0/s1. The SMILES string of the molecule is C#CCNC(=O)[C@@H](NC(=O)Nc1ccccc1)C(C)C. The lowest BCUT2D eigenvalue weighted by Gasteiger charge is -2.21. The summed E-state index contributed by atoms with van der Waals surface area (Å²) in [6, 6.07) is 7.96. The Morgan fingerprint density at radius 2 is 1.90 bits per heavy atom. The minimum Gasteiger partial charge on any atom is -0.343 e. The van der Waals surface area contributed by atoms with E-state index in [1.165, 1.54) is 0 Å². The molecule has 106 valence electrons. The number of benzene rings is 1. The predicted octanol–water partition coefficient (Wildman–Crippen LogP) is 1.58. The van der Waals surface area contributed by atoms with Crippen molar-refractivity contribution in [1.29, 1.82) is 0 Å². The van der Waals surface area contributed by atoms with Gasteiger partial charge < -0.3 is 16.0 Å². The van der Waals surface area contributed by atoms with Gasteiger partial charge in [-0.1, -0.05) is 38.0 Å². The number of hydrogen-bond acceptors (Lipinski definition) is 2. The number of nitrogens with one attached hydrogen (secondary N) is 3. The number of hydrogen-bond donors (Lipinski definition) is 3. The Morgan fingerprint density at radius 1 is 1.25 bits per heavy atom. The lowest BCUT2D eigenvalue weighted by molar-refractivity contribution is -0.123. The molecule has 5 heteroatoms. The molecule has 0 unspecified atom stereocenters. The van der Waals surface area contributed by atoms with Gasteiger partial charge in [-0.3, -0.25) is 4.79 Å². The molecule has 0 aromatic heterocycles. The lowest BCUT2D eigenvalue weighted by Crippen LogP contribution is -2.50. The van der Waals surface area contributed by atoms with Gasteiger partial charge in [-0.25, -0.2) is 4.79 Å². The first-order chi connectivity index (χ1) is 9.54. The van der Waals surface area contributed by atoms with Gasteiger partial charge in [-0.2, -0.15) is 0 Å². The zero-order chi connectivity index (χ0) is 15.0. The van der Waals surface area contributed by atoms with Gasteiger partial charge in [0.1, 0.15) is 6.04 Å². The molecule has 0 spiro atoms. The fourth-order valence-electron chi connectivity index (χ4n) is 1.61. The highest BCUT2D eigenvalue weighted by atomic mass is 16.2. The van der Waals surface area contributed by atoms with Crippen LogP contribution in [0.5, 0.6) is 0 Å². The van der Waals surface area contributed by atoms with Crippen molar-refractivity contribution < 1.29 is 9.59 Å². The van der Waals surface area contributed by atoms with Crippen LogP contribution in [0, 0.1) is 18.3 Å². The molecule has 0 heterocycles. The van der Waals surface area contributed by atoms with E-state index in [2.05, 4.69) is 21.9 Å². The smallest absolute Gasteiger partial charge is 0.319 e. The van der Waals surface area contributed by atoms with Crippen LogP contribution in [0.15, 0.2) is 30.3 Å². The number of carbonyl (C=O) groups is 2. The van der Waals surface area contributed by atoms with Crippen LogP contribution < -0.4 is 16.0 Å². The van der Waals surface area contributed by atoms with Gasteiger partial charge in [0.2, 0.25) is 5.91 Å². The summed E-state index contributed by atoms with van der Waals surface area (Å²) in [5, 5.41) is 7.88. The first-order valence-corrected chi connectivity index (χ1v) is 6.38. The van der Waals surface area contributed by atoms with E-state index in [-0.39, 0.29) is 18.4 Å². The summed E-state index contributed by atoms with van der Waals surface area (Å²) in [4.78, 5) is 23.7.